The van der Waals surface area contributed by atoms with Crippen molar-refractivity contribution in [2.45, 2.75) is 19.3 Å². The number of rotatable bonds is 6. The van der Waals surface area contributed by atoms with E-state index in [2.05, 4.69) is 10.3 Å². The fourth-order valence-corrected chi connectivity index (χ4v) is 3.00. The SMILES string of the molecule is NCCCC(=O)Nc1ncc(Cc2cccc(Cl)c2Cl)s1. The van der Waals surface area contributed by atoms with E-state index in [4.69, 9.17) is 28.9 Å². The maximum atomic E-state index is 11.6. The number of carbonyl (C=O) groups is 1. The van der Waals surface area contributed by atoms with Crippen LogP contribution in [0.4, 0.5) is 5.13 Å². The highest BCUT2D eigenvalue weighted by atomic mass is 35.5. The lowest BCUT2D eigenvalue weighted by atomic mass is 10.1. The van der Waals surface area contributed by atoms with Crippen LogP contribution in [-0.2, 0) is 11.2 Å². The molecule has 4 nitrogen and oxygen atoms in total. The summed E-state index contributed by atoms with van der Waals surface area (Å²) in [5, 5.41) is 4.44. The first-order valence-corrected chi connectivity index (χ1v) is 8.05. The molecule has 2 aromatic rings. The molecule has 1 aromatic carbocycles. The van der Waals surface area contributed by atoms with E-state index in [9.17, 15) is 4.79 Å². The standard InChI is InChI=1S/C14H15Cl2N3OS/c15-11-4-1-3-9(13(11)16)7-10-8-18-14(21-10)19-12(20)5-2-6-17/h1,3-4,8H,2,5-7,17H2,(H,18,19,20). The Morgan fingerprint density at radius 2 is 2.19 bits per heavy atom. The molecule has 0 aliphatic carbocycles. The average Bonchev–Trinajstić information content (AvgIpc) is 2.89. The Morgan fingerprint density at radius 1 is 1.38 bits per heavy atom. The molecule has 0 spiro atoms. The predicted octanol–water partition coefficient (Wildman–Crippen LogP) is 3.72. The largest absolute Gasteiger partial charge is 0.330 e. The molecule has 2 rings (SSSR count). The van der Waals surface area contributed by atoms with Crippen molar-refractivity contribution < 1.29 is 4.79 Å². The van der Waals surface area contributed by atoms with Crippen molar-refractivity contribution in [3.05, 3.63) is 44.9 Å². The Hall–Kier alpha value is -1.14. The zero-order chi connectivity index (χ0) is 15.2. The molecule has 3 N–H and O–H groups in total. The van der Waals surface area contributed by atoms with Crippen LogP contribution in [0.2, 0.25) is 10.0 Å². The summed E-state index contributed by atoms with van der Waals surface area (Å²) in [7, 11) is 0. The molecule has 0 radical (unpaired) electrons. The molecule has 0 fully saturated rings. The van der Waals surface area contributed by atoms with Crippen LogP contribution in [-0.4, -0.2) is 17.4 Å². The minimum absolute atomic E-state index is 0.0675. The first-order valence-electron chi connectivity index (χ1n) is 6.47. The molecule has 1 aromatic heterocycles. The molecule has 0 aliphatic rings. The molecule has 1 amide bonds. The second-order valence-electron chi connectivity index (χ2n) is 4.46. The van der Waals surface area contributed by atoms with E-state index < -0.39 is 0 Å². The zero-order valence-electron chi connectivity index (χ0n) is 11.2. The summed E-state index contributed by atoms with van der Waals surface area (Å²) in [6.07, 6.45) is 3.45. The van der Waals surface area contributed by atoms with E-state index in [0.717, 1.165) is 10.4 Å². The van der Waals surface area contributed by atoms with Crippen molar-refractivity contribution in [3.63, 3.8) is 0 Å². The second-order valence-corrected chi connectivity index (χ2v) is 6.36. The molecule has 21 heavy (non-hydrogen) atoms. The van der Waals surface area contributed by atoms with Gasteiger partial charge in [0.05, 0.1) is 10.0 Å². The molecular weight excluding hydrogens is 329 g/mol. The number of benzene rings is 1. The van der Waals surface area contributed by atoms with Crippen LogP contribution >= 0.6 is 34.5 Å². The first-order chi connectivity index (χ1) is 10.1. The lowest BCUT2D eigenvalue weighted by Crippen LogP contribution is -2.13. The molecule has 7 heteroatoms. The van der Waals surface area contributed by atoms with E-state index in [-0.39, 0.29) is 5.91 Å². The van der Waals surface area contributed by atoms with Crippen LogP contribution in [0.1, 0.15) is 23.3 Å². The van der Waals surface area contributed by atoms with Gasteiger partial charge in [0.15, 0.2) is 5.13 Å². The number of nitrogens with one attached hydrogen (secondary N) is 1. The van der Waals surface area contributed by atoms with Gasteiger partial charge in [0.1, 0.15) is 0 Å². The lowest BCUT2D eigenvalue weighted by molar-refractivity contribution is -0.116. The molecule has 0 bridgehead atoms. The van der Waals surface area contributed by atoms with E-state index in [1.165, 1.54) is 11.3 Å². The summed E-state index contributed by atoms with van der Waals surface area (Å²) in [6, 6.07) is 5.54. The predicted molar refractivity (Wildman–Crippen MR) is 88.3 cm³/mol. The Kier molecular flexibility index (Phi) is 5.99. The van der Waals surface area contributed by atoms with Gasteiger partial charge in [-0.25, -0.2) is 4.98 Å². The highest BCUT2D eigenvalue weighted by molar-refractivity contribution is 7.15. The average molecular weight is 344 g/mol. The van der Waals surface area contributed by atoms with Gasteiger partial charge in [-0.3, -0.25) is 4.79 Å². The second kappa shape index (κ2) is 7.75. The number of halogens is 2. The van der Waals surface area contributed by atoms with Gasteiger partial charge in [0.2, 0.25) is 5.91 Å². The summed E-state index contributed by atoms with van der Waals surface area (Å²) >= 11 is 13.6. The number of aromatic nitrogens is 1. The van der Waals surface area contributed by atoms with Crippen molar-refractivity contribution in [1.29, 1.82) is 0 Å². The van der Waals surface area contributed by atoms with E-state index >= 15 is 0 Å². The van der Waals surface area contributed by atoms with Gasteiger partial charge in [-0.1, -0.05) is 35.3 Å². The van der Waals surface area contributed by atoms with Gasteiger partial charge in [0, 0.05) is 23.9 Å². The maximum absolute atomic E-state index is 11.6. The van der Waals surface area contributed by atoms with Gasteiger partial charge in [-0.2, -0.15) is 0 Å². The Labute approximate surface area is 137 Å². The molecule has 1 heterocycles. The highest BCUT2D eigenvalue weighted by Crippen LogP contribution is 2.29. The summed E-state index contributed by atoms with van der Waals surface area (Å²) < 4.78 is 0. The van der Waals surface area contributed by atoms with Crippen molar-refractivity contribution in [3.8, 4) is 0 Å². The van der Waals surface area contributed by atoms with Crippen molar-refractivity contribution in [2.75, 3.05) is 11.9 Å². The van der Waals surface area contributed by atoms with E-state index in [1.54, 1.807) is 12.3 Å². The highest BCUT2D eigenvalue weighted by Gasteiger charge is 2.09. The molecule has 0 aliphatic heterocycles. The van der Waals surface area contributed by atoms with Crippen LogP contribution in [0.25, 0.3) is 0 Å². The fraction of sp³-hybridized carbons (Fsp3) is 0.286. The summed E-state index contributed by atoms with van der Waals surface area (Å²) in [6.45, 7) is 0.504. The van der Waals surface area contributed by atoms with Gasteiger partial charge >= 0.3 is 0 Å². The smallest absolute Gasteiger partial charge is 0.226 e. The maximum Gasteiger partial charge on any atom is 0.226 e. The topological polar surface area (TPSA) is 68.0 Å². The third-order valence-electron chi connectivity index (χ3n) is 2.80. The number of carbonyl (C=O) groups excluding carboxylic acids is 1. The zero-order valence-corrected chi connectivity index (χ0v) is 13.6. The van der Waals surface area contributed by atoms with Crippen molar-refractivity contribution in [2.24, 2.45) is 5.73 Å². The summed E-state index contributed by atoms with van der Waals surface area (Å²) in [5.41, 5.74) is 6.31. The molecule has 0 unspecified atom stereocenters. The van der Waals surface area contributed by atoms with Crippen LogP contribution in [0.3, 0.4) is 0 Å². The number of anilines is 1. The minimum Gasteiger partial charge on any atom is -0.330 e. The third-order valence-corrected chi connectivity index (χ3v) is 4.57. The number of hydrogen-bond acceptors (Lipinski definition) is 4. The number of thiazole rings is 1. The van der Waals surface area contributed by atoms with E-state index in [1.807, 2.05) is 12.1 Å². The van der Waals surface area contributed by atoms with Gasteiger partial charge in [0.25, 0.3) is 0 Å². The molecule has 0 saturated heterocycles. The van der Waals surface area contributed by atoms with Gasteiger partial charge in [-0.05, 0) is 24.6 Å². The van der Waals surface area contributed by atoms with Gasteiger partial charge < -0.3 is 11.1 Å². The molecule has 0 atom stereocenters. The lowest BCUT2D eigenvalue weighted by Gasteiger charge is -2.03. The first kappa shape index (κ1) is 16.2. The number of nitrogens with two attached hydrogens (primary N) is 1. The van der Waals surface area contributed by atoms with Crippen LogP contribution in [0.5, 0.6) is 0 Å². The molecule has 112 valence electrons. The normalized spacial score (nSPS) is 10.6. The monoisotopic (exact) mass is 343 g/mol. The summed E-state index contributed by atoms with van der Waals surface area (Å²) in [5.74, 6) is -0.0675. The number of nitrogens with zero attached hydrogens (tertiary/aromatic N) is 1. The molecular formula is C14H15Cl2N3OS. The Bertz CT molecular complexity index is 630. The Morgan fingerprint density at radius 3 is 2.95 bits per heavy atom. The minimum atomic E-state index is -0.0675. The third kappa shape index (κ3) is 4.68. The number of amides is 1. The number of hydrogen-bond donors (Lipinski definition) is 2. The quantitative estimate of drug-likeness (QED) is 0.839. The molecule has 0 saturated carbocycles. The Balaban J connectivity index is 2.00. The van der Waals surface area contributed by atoms with Crippen molar-refractivity contribution in [1.82, 2.24) is 4.98 Å². The van der Waals surface area contributed by atoms with Crippen LogP contribution < -0.4 is 11.1 Å². The summed E-state index contributed by atoms with van der Waals surface area (Å²) in [4.78, 5) is 16.8. The van der Waals surface area contributed by atoms with Crippen LogP contribution in [0, 0.1) is 0 Å². The van der Waals surface area contributed by atoms with Crippen molar-refractivity contribution >= 4 is 45.6 Å². The van der Waals surface area contributed by atoms with Crippen LogP contribution in [0.15, 0.2) is 24.4 Å². The van der Waals surface area contributed by atoms with Gasteiger partial charge in [-0.15, -0.1) is 11.3 Å². The van der Waals surface area contributed by atoms with E-state index in [0.29, 0.717) is 41.0 Å². The fourth-order valence-electron chi connectivity index (χ4n) is 1.76.